The first-order chi connectivity index (χ1) is 14.4. The van der Waals surface area contributed by atoms with Gasteiger partial charge in [-0.1, -0.05) is 35.9 Å². The molecule has 0 radical (unpaired) electrons. The van der Waals surface area contributed by atoms with E-state index in [1.807, 2.05) is 48.0 Å². The Balaban J connectivity index is 1.79. The third kappa shape index (κ3) is 3.31. The van der Waals surface area contributed by atoms with Crippen LogP contribution in [0.2, 0.25) is 5.02 Å². The summed E-state index contributed by atoms with van der Waals surface area (Å²) in [5.41, 5.74) is 3.37. The molecule has 1 aliphatic heterocycles. The smallest absolute Gasteiger partial charge is 0.317 e. The van der Waals surface area contributed by atoms with Crippen molar-refractivity contribution in [3.63, 3.8) is 0 Å². The molecule has 6 nitrogen and oxygen atoms in total. The lowest BCUT2D eigenvalue weighted by molar-refractivity contribution is -0.122. The monoisotopic (exact) mass is 419 g/mol. The van der Waals surface area contributed by atoms with Crippen LogP contribution < -0.4 is 10.2 Å². The van der Waals surface area contributed by atoms with Gasteiger partial charge in [0.1, 0.15) is 5.57 Å². The highest BCUT2D eigenvalue weighted by Gasteiger charge is 2.37. The summed E-state index contributed by atoms with van der Waals surface area (Å²) in [5.74, 6) is -1.44. The maximum Gasteiger partial charge on any atom is 0.335 e. The first kappa shape index (κ1) is 19.7. The summed E-state index contributed by atoms with van der Waals surface area (Å²) in [6.07, 6.45) is 3.34. The van der Waals surface area contributed by atoms with E-state index in [1.165, 1.54) is 6.08 Å². The number of urea groups is 1. The minimum atomic E-state index is -0.804. The van der Waals surface area contributed by atoms with Gasteiger partial charge in [0.25, 0.3) is 11.8 Å². The van der Waals surface area contributed by atoms with E-state index in [-0.39, 0.29) is 5.57 Å². The number of imide groups is 2. The van der Waals surface area contributed by atoms with Crippen LogP contribution >= 0.6 is 11.6 Å². The van der Waals surface area contributed by atoms with Gasteiger partial charge >= 0.3 is 6.03 Å². The first-order valence-electron chi connectivity index (χ1n) is 9.28. The maximum atomic E-state index is 13.2. The third-order valence-corrected chi connectivity index (χ3v) is 5.44. The number of hydrogen-bond acceptors (Lipinski definition) is 3. The summed E-state index contributed by atoms with van der Waals surface area (Å²) >= 11 is 6.16. The Kier molecular flexibility index (Phi) is 5.01. The number of barbiturate groups is 1. The predicted molar refractivity (Wildman–Crippen MR) is 116 cm³/mol. The molecule has 1 N–H and O–H groups in total. The van der Waals surface area contributed by atoms with Gasteiger partial charge in [-0.2, -0.15) is 0 Å². The van der Waals surface area contributed by atoms with Gasteiger partial charge < -0.3 is 4.57 Å². The Morgan fingerprint density at radius 1 is 0.900 bits per heavy atom. The Hall–Kier alpha value is -3.64. The summed E-state index contributed by atoms with van der Waals surface area (Å²) < 4.78 is 1.88. The molecule has 0 atom stereocenters. The van der Waals surface area contributed by atoms with Crippen molar-refractivity contribution in [2.75, 3.05) is 4.90 Å². The molecule has 150 valence electrons. The van der Waals surface area contributed by atoms with E-state index in [0.29, 0.717) is 22.0 Å². The molecule has 4 amide bonds. The molecule has 0 spiro atoms. The first-order valence-corrected chi connectivity index (χ1v) is 9.66. The van der Waals surface area contributed by atoms with Crippen LogP contribution in [0.5, 0.6) is 0 Å². The quantitative estimate of drug-likeness (QED) is 0.504. The lowest BCUT2D eigenvalue weighted by atomic mass is 10.1. The number of hydrogen-bond donors (Lipinski definition) is 1. The molecule has 2 heterocycles. The lowest BCUT2D eigenvalue weighted by Gasteiger charge is -2.27. The van der Waals surface area contributed by atoms with E-state index in [2.05, 4.69) is 5.32 Å². The normalized spacial score (nSPS) is 15.6. The van der Waals surface area contributed by atoms with Gasteiger partial charge in [-0.05, 0) is 61.4 Å². The van der Waals surface area contributed by atoms with Crippen molar-refractivity contribution in [1.29, 1.82) is 0 Å². The second kappa shape index (κ2) is 7.65. The minimum Gasteiger partial charge on any atom is -0.317 e. The zero-order chi connectivity index (χ0) is 21.4. The van der Waals surface area contributed by atoms with Crippen LogP contribution in [0.4, 0.5) is 10.5 Å². The van der Waals surface area contributed by atoms with E-state index in [1.54, 1.807) is 31.2 Å². The van der Waals surface area contributed by atoms with Crippen molar-refractivity contribution in [2.45, 2.75) is 13.8 Å². The summed E-state index contributed by atoms with van der Waals surface area (Å²) in [6, 6.07) is 15.5. The number of aromatic nitrogens is 1. The van der Waals surface area contributed by atoms with E-state index >= 15 is 0 Å². The number of halogens is 1. The van der Waals surface area contributed by atoms with Crippen LogP contribution in [0.25, 0.3) is 11.8 Å². The van der Waals surface area contributed by atoms with Gasteiger partial charge in [-0.25, -0.2) is 9.69 Å². The highest BCUT2D eigenvalue weighted by atomic mass is 35.5. The molecule has 3 aromatic rings. The Bertz CT molecular complexity index is 1230. The van der Waals surface area contributed by atoms with Crippen molar-refractivity contribution >= 4 is 41.2 Å². The average Bonchev–Trinajstić information content (AvgIpc) is 3.16. The van der Waals surface area contributed by atoms with Crippen LogP contribution in [0, 0.1) is 13.8 Å². The number of anilines is 1. The van der Waals surface area contributed by atoms with Crippen LogP contribution in [-0.2, 0) is 9.59 Å². The van der Waals surface area contributed by atoms with Gasteiger partial charge in [-0.3, -0.25) is 14.9 Å². The maximum absolute atomic E-state index is 13.2. The highest BCUT2D eigenvalue weighted by Crippen LogP contribution is 2.29. The fourth-order valence-electron chi connectivity index (χ4n) is 3.43. The molecular weight excluding hydrogens is 402 g/mol. The van der Waals surface area contributed by atoms with Crippen molar-refractivity contribution in [3.05, 3.63) is 88.2 Å². The Labute approximate surface area is 178 Å². The number of nitrogens with one attached hydrogen (secondary N) is 1. The molecule has 4 rings (SSSR count). The molecule has 1 saturated heterocycles. The van der Waals surface area contributed by atoms with Crippen LogP contribution in [-0.4, -0.2) is 22.4 Å². The van der Waals surface area contributed by atoms with Gasteiger partial charge in [-0.15, -0.1) is 0 Å². The zero-order valence-corrected chi connectivity index (χ0v) is 17.1. The standard InChI is InChI=1S/C23H18ClN3O3/c1-14-7-3-4-10-19(14)26-12-6-8-16(26)13-17-21(28)25-23(30)27(22(17)29)20-11-5-9-18(24)15(20)2/h3-13H,1-2H3,(H,25,28,30)/b17-13+. The molecule has 1 aliphatic rings. The third-order valence-electron chi connectivity index (χ3n) is 5.03. The molecule has 1 fully saturated rings. The predicted octanol–water partition coefficient (Wildman–Crippen LogP) is 4.41. The molecule has 0 saturated carbocycles. The fraction of sp³-hybridized carbons (Fsp3) is 0.0870. The molecule has 0 bridgehead atoms. The van der Waals surface area contributed by atoms with Gasteiger partial charge in [0, 0.05) is 22.6 Å². The van der Waals surface area contributed by atoms with Crippen molar-refractivity contribution in [3.8, 4) is 5.69 Å². The number of nitrogens with zero attached hydrogens (tertiary/aromatic N) is 2. The van der Waals surface area contributed by atoms with Crippen LogP contribution in [0.15, 0.2) is 66.4 Å². The molecular formula is C23H18ClN3O3. The van der Waals surface area contributed by atoms with Gasteiger partial charge in [0.05, 0.1) is 5.69 Å². The summed E-state index contributed by atoms with van der Waals surface area (Å²) in [4.78, 5) is 39.1. The van der Waals surface area contributed by atoms with E-state index < -0.39 is 17.8 Å². The number of para-hydroxylation sites is 1. The molecule has 7 heteroatoms. The van der Waals surface area contributed by atoms with Crippen molar-refractivity contribution in [1.82, 2.24) is 9.88 Å². The zero-order valence-electron chi connectivity index (χ0n) is 16.3. The lowest BCUT2D eigenvalue weighted by Crippen LogP contribution is -2.54. The molecule has 1 aromatic heterocycles. The molecule has 0 aliphatic carbocycles. The van der Waals surface area contributed by atoms with E-state index in [4.69, 9.17) is 11.6 Å². The number of rotatable bonds is 3. The molecule has 30 heavy (non-hydrogen) atoms. The minimum absolute atomic E-state index is 0.137. The second-order valence-electron chi connectivity index (χ2n) is 6.93. The highest BCUT2D eigenvalue weighted by molar-refractivity contribution is 6.39. The van der Waals surface area contributed by atoms with E-state index in [0.717, 1.165) is 16.2 Å². The number of amides is 4. The SMILES string of the molecule is Cc1ccccc1-n1cccc1/C=C1\C(=O)NC(=O)N(c2cccc(Cl)c2C)C1=O. The number of aryl methyl sites for hydroxylation is 1. The van der Waals surface area contributed by atoms with Crippen LogP contribution in [0.1, 0.15) is 16.8 Å². The molecule has 0 unspecified atom stereocenters. The summed E-state index contributed by atoms with van der Waals surface area (Å²) in [5, 5.41) is 2.67. The Morgan fingerprint density at radius 3 is 2.40 bits per heavy atom. The largest absolute Gasteiger partial charge is 0.335 e. The second-order valence-corrected chi connectivity index (χ2v) is 7.34. The topological polar surface area (TPSA) is 71.4 Å². The Morgan fingerprint density at radius 2 is 1.63 bits per heavy atom. The van der Waals surface area contributed by atoms with Crippen molar-refractivity contribution < 1.29 is 14.4 Å². The number of benzene rings is 2. The average molecular weight is 420 g/mol. The van der Waals surface area contributed by atoms with Crippen LogP contribution in [0.3, 0.4) is 0 Å². The van der Waals surface area contributed by atoms with E-state index in [9.17, 15) is 14.4 Å². The van der Waals surface area contributed by atoms with Gasteiger partial charge in [0.15, 0.2) is 0 Å². The number of carbonyl (C=O) groups is 3. The summed E-state index contributed by atoms with van der Waals surface area (Å²) in [7, 11) is 0. The van der Waals surface area contributed by atoms with Gasteiger partial charge in [0.2, 0.25) is 0 Å². The summed E-state index contributed by atoms with van der Waals surface area (Å²) in [6.45, 7) is 3.69. The number of carbonyl (C=O) groups excluding carboxylic acids is 3. The van der Waals surface area contributed by atoms with Crippen molar-refractivity contribution in [2.24, 2.45) is 0 Å². The fourth-order valence-corrected chi connectivity index (χ4v) is 3.60. The molecule has 2 aromatic carbocycles.